The Bertz CT molecular complexity index is 595. The van der Waals surface area contributed by atoms with Crippen LogP contribution >= 0.6 is 0 Å². The van der Waals surface area contributed by atoms with Crippen molar-refractivity contribution < 1.29 is 9.53 Å². The highest BCUT2D eigenvalue weighted by atomic mass is 16.5. The lowest BCUT2D eigenvalue weighted by atomic mass is 10.2. The first-order valence-electron chi connectivity index (χ1n) is 5.27. The van der Waals surface area contributed by atoms with Crippen LogP contribution in [0.2, 0.25) is 0 Å². The molecule has 0 unspecified atom stereocenters. The second-order valence-corrected chi connectivity index (χ2v) is 3.79. The normalized spacial score (nSPS) is 13.5. The summed E-state index contributed by atoms with van der Waals surface area (Å²) in [6, 6.07) is 10.8. The smallest absolute Gasteiger partial charge is 0.261 e. The van der Waals surface area contributed by atoms with Crippen molar-refractivity contribution in [2.24, 2.45) is 0 Å². The Morgan fingerprint density at radius 1 is 1.18 bits per heavy atom. The van der Waals surface area contributed by atoms with Crippen molar-refractivity contribution in [3.8, 4) is 11.6 Å². The number of ether oxygens (including phenoxy) is 1. The lowest BCUT2D eigenvalue weighted by Gasteiger charge is -2.14. The maximum atomic E-state index is 12.2. The van der Waals surface area contributed by atoms with Gasteiger partial charge in [0.25, 0.3) is 5.91 Å². The van der Waals surface area contributed by atoms with Gasteiger partial charge in [-0.1, -0.05) is 12.1 Å². The third-order valence-corrected chi connectivity index (χ3v) is 2.74. The number of hydrogen-bond acceptors (Lipinski definition) is 3. The van der Waals surface area contributed by atoms with Gasteiger partial charge in [-0.05, 0) is 24.3 Å². The molecule has 0 spiro atoms. The van der Waals surface area contributed by atoms with Crippen molar-refractivity contribution in [3.63, 3.8) is 0 Å². The lowest BCUT2D eigenvalue weighted by Crippen LogP contribution is -2.25. The van der Waals surface area contributed by atoms with E-state index in [1.807, 2.05) is 18.2 Å². The van der Waals surface area contributed by atoms with Crippen LogP contribution in [-0.2, 0) is 0 Å². The third-order valence-electron chi connectivity index (χ3n) is 2.74. The summed E-state index contributed by atoms with van der Waals surface area (Å²) in [5, 5.41) is 0. The van der Waals surface area contributed by atoms with Gasteiger partial charge in [0, 0.05) is 13.2 Å². The molecule has 2 heterocycles. The fourth-order valence-corrected chi connectivity index (χ4v) is 1.84. The first-order chi connectivity index (χ1) is 8.27. The zero-order chi connectivity index (χ0) is 11.8. The number of carbonyl (C=O) groups excluding carboxylic acids is 1. The Morgan fingerprint density at radius 2 is 2.00 bits per heavy atom. The van der Waals surface area contributed by atoms with Crippen molar-refractivity contribution in [1.29, 1.82) is 0 Å². The minimum Gasteiger partial charge on any atom is -0.436 e. The second-order valence-electron chi connectivity index (χ2n) is 3.79. The standard InChI is InChI=1S/C13H10N2O2/c1-15-10-6-4-8-14-12(10)17-11-7-3-2-5-9(11)13(15)16/h2-8H,1H3. The first-order valence-corrected chi connectivity index (χ1v) is 5.27. The number of rotatable bonds is 0. The molecule has 0 saturated carbocycles. The molecule has 3 rings (SSSR count). The average Bonchev–Trinajstić information content (AvgIpc) is 2.48. The Kier molecular flexibility index (Phi) is 2.08. The monoisotopic (exact) mass is 226 g/mol. The average molecular weight is 226 g/mol. The maximum absolute atomic E-state index is 12.2. The van der Waals surface area contributed by atoms with Crippen molar-refractivity contribution in [3.05, 3.63) is 48.2 Å². The minimum absolute atomic E-state index is 0.0904. The molecule has 1 aliphatic heterocycles. The van der Waals surface area contributed by atoms with Crippen LogP contribution in [0.3, 0.4) is 0 Å². The molecule has 0 saturated heterocycles. The van der Waals surface area contributed by atoms with E-state index in [9.17, 15) is 4.79 Å². The van der Waals surface area contributed by atoms with Crippen molar-refractivity contribution in [1.82, 2.24) is 4.98 Å². The van der Waals surface area contributed by atoms with Gasteiger partial charge in [-0.3, -0.25) is 4.79 Å². The molecule has 4 heteroatoms. The Morgan fingerprint density at radius 3 is 2.88 bits per heavy atom. The summed E-state index contributed by atoms with van der Waals surface area (Å²) in [5.41, 5.74) is 1.22. The molecule has 1 aromatic carbocycles. The zero-order valence-corrected chi connectivity index (χ0v) is 9.25. The summed E-state index contributed by atoms with van der Waals surface area (Å²) < 4.78 is 5.67. The van der Waals surface area contributed by atoms with Crippen molar-refractivity contribution in [2.75, 3.05) is 11.9 Å². The molecule has 0 fully saturated rings. The van der Waals surface area contributed by atoms with Crippen LogP contribution in [0, 0.1) is 0 Å². The summed E-state index contributed by atoms with van der Waals surface area (Å²) in [4.78, 5) is 17.9. The number of nitrogens with zero attached hydrogens (tertiary/aromatic N) is 2. The third kappa shape index (κ3) is 1.45. The number of benzene rings is 1. The number of amides is 1. The van der Waals surface area contributed by atoms with Crippen LogP contribution in [-0.4, -0.2) is 17.9 Å². The highest BCUT2D eigenvalue weighted by Gasteiger charge is 2.25. The van der Waals surface area contributed by atoms with Crippen LogP contribution in [0.15, 0.2) is 42.6 Å². The molecular formula is C13H10N2O2. The molecule has 0 N–H and O–H groups in total. The quantitative estimate of drug-likeness (QED) is 0.693. The highest BCUT2D eigenvalue weighted by Crippen LogP contribution is 2.35. The largest absolute Gasteiger partial charge is 0.436 e. The molecule has 1 aliphatic rings. The van der Waals surface area contributed by atoms with Crippen LogP contribution in [0.1, 0.15) is 10.4 Å². The maximum Gasteiger partial charge on any atom is 0.261 e. The Hall–Kier alpha value is -2.36. The summed E-state index contributed by atoms with van der Waals surface area (Å²) in [6.45, 7) is 0. The van der Waals surface area contributed by atoms with Gasteiger partial charge in [-0.25, -0.2) is 4.98 Å². The van der Waals surface area contributed by atoms with E-state index in [4.69, 9.17) is 4.74 Å². The number of anilines is 1. The van der Waals surface area contributed by atoms with E-state index in [-0.39, 0.29) is 5.91 Å². The van der Waals surface area contributed by atoms with Crippen LogP contribution in [0.4, 0.5) is 5.69 Å². The zero-order valence-electron chi connectivity index (χ0n) is 9.25. The Labute approximate surface area is 98.5 Å². The first kappa shape index (κ1) is 9.84. The fraction of sp³-hybridized carbons (Fsp3) is 0.0769. The fourth-order valence-electron chi connectivity index (χ4n) is 1.84. The van der Waals surface area contributed by atoms with Gasteiger partial charge in [0.1, 0.15) is 11.4 Å². The molecule has 0 atom stereocenters. The van der Waals surface area contributed by atoms with E-state index < -0.39 is 0 Å². The lowest BCUT2D eigenvalue weighted by molar-refractivity contribution is 0.0993. The molecule has 4 nitrogen and oxygen atoms in total. The molecule has 1 aromatic heterocycles. The van der Waals surface area contributed by atoms with Crippen LogP contribution in [0.5, 0.6) is 11.6 Å². The van der Waals surface area contributed by atoms with Gasteiger partial charge < -0.3 is 9.64 Å². The number of carbonyl (C=O) groups is 1. The van der Waals surface area contributed by atoms with E-state index in [0.717, 1.165) is 0 Å². The molecule has 0 bridgehead atoms. The number of para-hydroxylation sites is 1. The molecule has 0 aliphatic carbocycles. The molecular weight excluding hydrogens is 216 g/mol. The van der Waals surface area contributed by atoms with Crippen molar-refractivity contribution in [2.45, 2.75) is 0 Å². The Balaban J connectivity index is 2.24. The predicted molar refractivity (Wildman–Crippen MR) is 63.5 cm³/mol. The van der Waals surface area contributed by atoms with E-state index in [1.54, 1.807) is 36.3 Å². The number of pyridine rings is 1. The van der Waals surface area contributed by atoms with Gasteiger partial charge in [0.05, 0.1) is 5.56 Å². The summed E-state index contributed by atoms with van der Waals surface area (Å²) in [5.74, 6) is 0.905. The van der Waals surface area contributed by atoms with Gasteiger partial charge >= 0.3 is 0 Å². The topological polar surface area (TPSA) is 42.4 Å². The van der Waals surface area contributed by atoms with Gasteiger partial charge in [-0.15, -0.1) is 0 Å². The van der Waals surface area contributed by atoms with Gasteiger partial charge in [-0.2, -0.15) is 0 Å². The van der Waals surface area contributed by atoms with E-state index in [1.165, 1.54) is 0 Å². The highest BCUT2D eigenvalue weighted by molar-refractivity contribution is 6.09. The van der Waals surface area contributed by atoms with E-state index in [2.05, 4.69) is 4.98 Å². The minimum atomic E-state index is -0.0904. The second kappa shape index (κ2) is 3.59. The van der Waals surface area contributed by atoms with Gasteiger partial charge in [0.15, 0.2) is 0 Å². The van der Waals surface area contributed by atoms with E-state index >= 15 is 0 Å². The summed E-state index contributed by atoms with van der Waals surface area (Å²) in [6.07, 6.45) is 1.64. The molecule has 1 amide bonds. The van der Waals surface area contributed by atoms with E-state index in [0.29, 0.717) is 22.9 Å². The summed E-state index contributed by atoms with van der Waals surface area (Å²) >= 11 is 0. The molecule has 17 heavy (non-hydrogen) atoms. The SMILES string of the molecule is CN1C(=O)c2ccccc2Oc2ncccc21. The van der Waals surface area contributed by atoms with Crippen LogP contribution < -0.4 is 9.64 Å². The van der Waals surface area contributed by atoms with Gasteiger partial charge in [0.2, 0.25) is 5.88 Å². The van der Waals surface area contributed by atoms with Crippen LogP contribution in [0.25, 0.3) is 0 Å². The molecule has 0 radical (unpaired) electrons. The number of fused-ring (bicyclic) bond motifs is 2. The summed E-state index contributed by atoms with van der Waals surface area (Å²) in [7, 11) is 1.72. The molecule has 2 aromatic rings. The number of hydrogen-bond donors (Lipinski definition) is 0. The number of aromatic nitrogens is 1. The predicted octanol–water partition coefficient (Wildman–Crippen LogP) is 2.46. The molecule has 84 valence electrons. The van der Waals surface area contributed by atoms with Crippen molar-refractivity contribution >= 4 is 11.6 Å².